The van der Waals surface area contributed by atoms with Crippen molar-refractivity contribution in [2.24, 2.45) is 0 Å². The predicted molar refractivity (Wildman–Crippen MR) is 68.3 cm³/mol. The predicted octanol–water partition coefficient (Wildman–Crippen LogP) is 2.21. The number of aromatic nitrogens is 2. The third-order valence-electron chi connectivity index (χ3n) is 2.58. The summed E-state index contributed by atoms with van der Waals surface area (Å²) in [6.07, 6.45) is -1.05. The zero-order valence-electron chi connectivity index (χ0n) is 10.7. The molecule has 7 heteroatoms. The highest BCUT2D eigenvalue weighted by molar-refractivity contribution is 7.05. The topological polar surface area (TPSA) is 96.5 Å². The lowest BCUT2D eigenvalue weighted by atomic mass is 9.90. The molecule has 0 spiro atoms. The second kappa shape index (κ2) is 4.75. The van der Waals surface area contributed by atoms with Crippen LogP contribution >= 0.6 is 11.5 Å². The number of furan rings is 1. The molecule has 102 valence electrons. The summed E-state index contributed by atoms with van der Waals surface area (Å²) in [6.45, 7) is 5.89. The van der Waals surface area contributed by atoms with Crippen molar-refractivity contribution in [3.05, 3.63) is 34.2 Å². The van der Waals surface area contributed by atoms with E-state index in [9.17, 15) is 9.90 Å². The van der Waals surface area contributed by atoms with Gasteiger partial charge >= 0.3 is 5.97 Å². The lowest BCUT2D eigenvalue weighted by Crippen LogP contribution is -2.15. The number of aliphatic hydroxyl groups is 1. The van der Waals surface area contributed by atoms with Gasteiger partial charge in [-0.05, 0) is 23.7 Å². The molecule has 0 bridgehead atoms. The first-order valence-electron chi connectivity index (χ1n) is 5.64. The summed E-state index contributed by atoms with van der Waals surface area (Å²) in [5.74, 6) is -1.20. The SMILES string of the molecule is CC(C)(C)c1nnsc1C(O)c1ccc(C(=O)O)o1. The minimum absolute atomic E-state index is 0.175. The second-order valence-electron chi connectivity index (χ2n) is 5.15. The van der Waals surface area contributed by atoms with E-state index >= 15 is 0 Å². The molecule has 0 fully saturated rings. The van der Waals surface area contributed by atoms with Gasteiger partial charge in [-0.3, -0.25) is 0 Å². The van der Waals surface area contributed by atoms with Crippen LogP contribution in [0.1, 0.15) is 53.8 Å². The van der Waals surface area contributed by atoms with E-state index in [1.165, 1.54) is 12.1 Å². The molecule has 0 aliphatic rings. The fraction of sp³-hybridized carbons (Fsp3) is 0.417. The minimum Gasteiger partial charge on any atom is -0.475 e. The van der Waals surface area contributed by atoms with Crippen LogP contribution in [0.4, 0.5) is 0 Å². The monoisotopic (exact) mass is 282 g/mol. The van der Waals surface area contributed by atoms with Gasteiger partial charge < -0.3 is 14.6 Å². The van der Waals surface area contributed by atoms with E-state index in [1.54, 1.807) is 0 Å². The number of carbonyl (C=O) groups is 1. The highest BCUT2D eigenvalue weighted by Crippen LogP contribution is 2.34. The number of hydrogen-bond acceptors (Lipinski definition) is 6. The van der Waals surface area contributed by atoms with Crippen LogP contribution in [0.5, 0.6) is 0 Å². The van der Waals surface area contributed by atoms with Crippen LogP contribution in [-0.4, -0.2) is 25.8 Å². The van der Waals surface area contributed by atoms with Gasteiger partial charge in [0.05, 0.1) is 10.6 Å². The van der Waals surface area contributed by atoms with E-state index in [4.69, 9.17) is 9.52 Å². The zero-order chi connectivity index (χ0) is 14.2. The third-order valence-corrected chi connectivity index (χ3v) is 3.36. The van der Waals surface area contributed by atoms with Crippen LogP contribution in [0.25, 0.3) is 0 Å². The molecule has 2 aromatic rings. The molecule has 2 N–H and O–H groups in total. The summed E-state index contributed by atoms with van der Waals surface area (Å²) in [5, 5.41) is 23.1. The standard InChI is InChI=1S/C12H14N2O4S/c1-12(2,3)10-9(19-14-13-10)8(15)6-4-5-7(18-6)11(16)17/h4-5,8,15H,1-3H3,(H,16,17). The summed E-state index contributed by atoms with van der Waals surface area (Å²) in [4.78, 5) is 11.3. The second-order valence-corrected chi connectivity index (χ2v) is 5.93. The van der Waals surface area contributed by atoms with Crippen molar-refractivity contribution >= 4 is 17.5 Å². The summed E-state index contributed by atoms with van der Waals surface area (Å²) < 4.78 is 8.95. The summed E-state index contributed by atoms with van der Waals surface area (Å²) in [7, 11) is 0. The molecule has 0 aliphatic heterocycles. The third kappa shape index (κ3) is 2.66. The lowest BCUT2D eigenvalue weighted by molar-refractivity contribution is 0.0655. The minimum atomic E-state index is -1.17. The fourth-order valence-corrected chi connectivity index (χ4v) is 2.50. The fourth-order valence-electron chi connectivity index (χ4n) is 1.64. The van der Waals surface area contributed by atoms with Crippen molar-refractivity contribution in [1.29, 1.82) is 0 Å². The van der Waals surface area contributed by atoms with Gasteiger partial charge in [0.1, 0.15) is 11.9 Å². The van der Waals surface area contributed by atoms with Crippen LogP contribution in [0, 0.1) is 0 Å². The molecule has 2 aromatic heterocycles. The summed E-state index contributed by atoms with van der Waals surface area (Å²) in [5.41, 5.74) is 0.421. The Bertz CT molecular complexity index is 597. The number of aliphatic hydroxyl groups excluding tert-OH is 1. The molecule has 0 aromatic carbocycles. The molecule has 19 heavy (non-hydrogen) atoms. The van der Waals surface area contributed by atoms with E-state index in [0.29, 0.717) is 10.6 Å². The van der Waals surface area contributed by atoms with Gasteiger partial charge in [-0.2, -0.15) is 0 Å². The van der Waals surface area contributed by atoms with Crippen molar-refractivity contribution in [2.75, 3.05) is 0 Å². The Labute approximate surface area is 113 Å². The molecule has 0 amide bonds. The lowest BCUT2D eigenvalue weighted by Gasteiger charge is -2.18. The van der Waals surface area contributed by atoms with Crippen molar-refractivity contribution in [2.45, 2.75) is 32.3 Å². The molecule has 1 atom stereocenters. The maximum Gasteiger partial charge on any atom is 0.371 e. The molecule has 0 saturated carbocycles. The van der Waals surface area contributed by atoms with E-state index in [-0.39, 0.29) is 16.9 Å². The van der Waals surface area contributed by atoms with Gasteiger partial charge in [-0.1, -0.05) is 25.3 Å². The van der Waals surface area contributed by atoms with Crippen LogP contribution in [0.15, 0.2) is 16.5 Å². The quantitative estimate of drug-likeness (QED) is 0.896. The summed E-state index contributed by atoms with van der Waals surface area (Å²) in [6, 6.07) is 2.76. The van der Waals surface area contributed by atoms with Crippen molar-refractivity contribution in [3.63, 3.8) is 0 Å². The molecule has 1 unspecified atom stereocenters. The average Bonchev–Trinajstić information content (AvgIpc) is 2.96. The van der Waals surface area contributed by atoms with Gasteiger partial charge in [-0.25, -0.2) is 4.79 Å². The average molecular weight is 282 g/mol. The molecule has 2 rings (SSSR count). The van der Waals surface area contributed by atoms with Gasteiger partial charge in [0.25, 0.3) is 0 Å². The Hall–Kier alpha value is -1.73. The van der Waals surface area contributed by atoms with Crippen LogP contribution in [0.3, 0.4) is 0 Å². The van der Waals surface area contributed by atoms with Crippen LogP contribution in [-0.2, 0) is 5.41 Å². The van der Waals surface area contributed by atoms with E-state index in [2.05, 4.69) is 9.59 Å². The molecule has 2 heterocycles. The largest absolute Gasteiger partial charge is 0.475 e. The number of hydrogen-bond donors (Lipinski definition) is 2. The molecule has 0 radical (unpaired) electrons. The first-order chi connectivity index (χ1) is 8.80. The normalized spacial score (nSPS) is 13.5. The highest BCUT2D eigenvalue weighted by atomic mass is 32.1. The van der Waals surface area contributed by atoms with Crippen LogP contribution in [0.2, 0.25) is 0 Å². The number of carboxylic acid groups (broad SMARTS) is 1. The molecule has 0 saturated heterocycles. The van der Waals surface area contributed by atoms with Crippen molar-refractivity contribution in [3.8, 4) is 0 Å². The Balaban J connectivity index is 2.36. The van der Waals surface area contributed by atoms with Crippen molar-refractivity contribution < 1.29 is 19.4 Å². The maximum atomic E-state index is 10.8. The number of nitrogens with zero attached hydrogens (tertiary/aromatic N) is 2. The Morgan fingerprint density at radius 2 is 2.11 bits per heavy atom. The van der Waals surface area contributed by atoms with Crippen molar-refractivity contribution in [1.82, 2.24) is 9.59 Å². The van der Waals surface area contributed by atoms with E-state index < -0.39 is 12.1 Å². The van der Waals surface area contributed by atoms with E-state index in [1.807, 2.05) is 20.8 Å². The smallest absolute Gasteiger partial charge is 0.371 e. The van der Waals surface area contributed by atoms with Gasteiger partial charge in [-0.15, -0.1) is 5.10 Å². The Kier molecular flexibility index (Phi) is 3.42. The first-order valence-corrected chi connectivity index (χ1v) is 6.42. The number of rotatable bonds is 3. The maximum absolute atomic E-state index is 10.8. The van der Waals surface area contributed by atoms with E-state index in [0.717, 1.165) is 11.5 Å². The van der Waals surface area contributed by atoms with Crippen LogP contribution < -0.4 is 0 Å². The number of carboxylic acids is 1. The molecular formula is C12H14N2O4S. The molecular weight excluding hydrogens is 268 g/mol. The summed E-state index contributed by atoms with van der Waals surface area (Å²) >= 11 is 1.08. The molecule has 6 nitrogen and oxygen atoms in total. The van der Waals surface area contributed by atoms with Gasteiger partial charge in [0.15, 0.2) is 0 Å². The Morgan fingerprint density at radius 1 is 1.42 bits per heavy atom. The highest BCUT2D eigenvalue weighted by Gasteiger charge is 2.29. The first kappa shape index (κ1) is 13.7. The Morgan fingerprint density at radius 3 is 2.63 bits per heavy atom. The van der Waals surface area contributed by atoms with Gasteiger partial charge in [0, 0.05) is 5.41 Å². The van der Waals surface area contributed by atoms with Gasteiger partial charge in [0.2, 0.25) is 5.76 Å². The zero-order valence-corrected chi connectivity index (χ0v) is 11.6. The molecule has 0 aliphatic carbocycles. The number of aromatic carboxylic acids is 1.